The molecule has 1 aromatic carbocycles. The Morgan fingerprint density at radius 3 is 2.68 bits per heavy atom. The van der Waals surface area contributed by atoms with Gasteiger partial charge in [0.05, 0.1) is 10.5 Å². The molecule has 1 aromatic heterocycles. The van der Waals surface area contributed by atoms with E-state index >= 15 is 0 Å². The van der Waals surface area contributed by atoms with Crippen molar-refractivity contribution >= 4 is 24.0 Å². The van der Waals surface area contributed by atoms with E-state index < -0.39 is 10.5 Å². The third-order valence-corrected chi connectivity index (χ3v) is 4.43. The van der Waals surface area contributed by atoms with Gasteiger partial charge in [0.2, 0.25) is 0 Å². The van der Waals surface area contributed by atoms with E-state index in [2.05, 4.69) is 15.4 Å². The molecule has 0 saturated heterocycles. The van der Waals surface area contributed by atoms with E-state index in [0.717, 1.165) is 25.7 Å². The summed E-state index contributed by atoms with van der Waals surface area (Å²) in [5.74, 6) is -0.351. The summed E-state index contributed by atoms with van der Waals surface area (Å²) < 4.78 is 1.29. The Bertz CT molecular complexity index is 759. The number of carbonyl (C=O) groups excluding carboxylic acids is 1. The fourth-order valence-corrected chi connectivity index (χ4v) is 3.08. The number of nitrogens with two attached hydrogens (primary N) is 1. The van der Waals surface area contributed by atoms with E-state index in [4.69, 9.17) is 5.73 Å². The molecule has 1 saturated carbocycles. The second-order valence-electron chi connectivity index (χ2n) is 5.95. The summed E-state index contributed by atoms with van der Waals surface area (Å²) in [5.41, 5.74) is 5.69. The van der Waals surface area contributed by atoms with Gasteiger partial charge in [-0.15, -0.1) is 12.4 Å². The maximum Gasteiger partial charge on any atom is 0.295 e. The van der Waals surface area contributed by atoms with Crippen LogP contribution in [0.5, 0.6) is 0 Å². The molecule has 0 bridgehead atoms. The standard InChI is InChI=1S/C15H18N6O3.ClH/c16-8-15(5-1-2-6-15)19-14(22)11-3-4-12(13(7-11)21(23)24)20-10-17-9-18-20;/h3-4,7,9-10H,1-2,5-6,8,16H2,(H,19,22);1H. The van der Waals surface area contributed by atoms with Crippen molar-refractivity contribution in [2.75, 3.05) is 6.54 Å². The molecule has 1 fully saturated rings. The van der Waals surface area contributed by atoms with Crippen LogP contribution in [0.25, 0.3) is 5.69 Å². The first kappa shape index (κ1) is 18.8. The number of nitrogens with one attached hydrogen (secondary N) is 1. The smallest absolute Gasteiger partial charge is 0.295 e. The molecule has 134 valence electrons. The highest BCUT2D eigenvalue weighted by molar-refractivity contribution is 5.95. The summed E-state index contributed by atoms with van der Waals surface area (Å²) in [6.07, 6.45) is 6.34. The molecule has 0 radical (unpaired) electrons. The summed E-state index contributed by atoms with van der Waals surface area (Å²) in [6, 6.07) is 4.29. The summed E-state index contributed by atoms with van der Waals surface area (Å²) in [6.45, 7) is 0.359. The van der Waals surface area contributed by atoms with Crippen molar-refractivity contribution in [3.05, 3.63) is 46.5 Å². The van der Waals surface area contributed by atoms with Crippen LogP contribution in [0.2, 0.25) is 0 Å². The lowest BCUT2D eigenvalue weighted by Crippen LogP contribution is -2.51. The van der Waals surface area contributed by atoms with Gasteiger partial charge >= 0.3 is 0 Å². The Balaban J connectivity index is 0.00000225. The molecular weight excluding hydrogens is 348 g/mol. The molecule has 0 unspecified atom stereocenters. The molecule has 25 heavy (non-hydrogen) atoms. The molecule has 3 N–H and O–H groups in total. The van der Waals surface area contributed by atoms with Crippen LogP contribution in [0.4, 0.5) is 5.69 Å². The molecule has 0 atom stereocenters. The first-order valence-corrected chi connectivity index (χ1v) is 7.71. The third-order valence-electron chi connectivity index (χ3n) is 4.43. The predicted molar refractivity (Wildman–Crippen MR) is 93.0 cm³/mol. The average Bonchev–Trinajstić information content (AvgIpc) is 3.26. The largest absolute Gasteiger partial charge is 0.345 e. The Morgan fingerprint density at radius 1 is 1.40 bits per heavy atom. The van der Waals surface area contributed by atoms with Crippen molar-refractivity contribution in [2.45, 2.75) is 31.2 Å². The maximum absolute atomic E-state index is 12.5. The summed E-state index contributed by atoms with van der Waals surface area (Å²) in [7, 11) is 0. The number of hydrogen-bond acceptors (Lipinski definition) is 6. The van der Waals surface area contributed by atoms with Crippen molar-refractivity contribution in [1.82, 2.24) is 20.1 Å². The molecule has 2 aromatic rings. The Labute approximate surface area is 150 Å². The summed E-state index contributed by atoms with van der Waals surface area (Å²) in [5, 5.41) is 18.2. The number of hydrogen-bond donors (Lipinski definition) is 2. The third kappa shape index (κ3) is 3.77. The zero-order valence-electron chi connectivity index (χ0n) is 13.4. The van der Waals surface area contributed by atoms with Crippen LogP contribution in [0, 0.1) is 10.1 Å². The quantitative estimate of drug-likeness (QED) is 0.610. The number of rotatable bonds is 5. The molecule has 3 rings (SSSR count). The second kappa shape index (κ2) is 7.58. The van der Waals surface area contributed by atoms with Gasteiger partial charge in [-0.05, 0) is 25.0 Å². The van der Waals surface area contributed by atoms with Gasteiger partial charge < -0.3 is 11.1 Å². The maximum atomic E-state index is 12.5. The highest BCUT2D eigenvalue weighted by atomic mass is 35.5. The monoisotopic (exact) mass is 366 g/mol. The van der Waals surface area contributed by atoms with Crippen LogP contribution >= 0.6 is 12.4 Å². The molecular formula is C15H19ClN6O3. The fraction of sp³-hybridized carbons (Fsp3) is 0.400. The number of halogens is 1. The van der Waals surface area contributed by atoms with E-state index in [1.165, 1.54) is 29.5 Å². The molecule has 10 heteroatoms. The van der Waals surface area contributed by atoms with Gasteiger partial charge in [0.1, 0.15) is 18.3 Å². The van der Waals surface area contributed by atoms with Gasteiger partial charge in [-0.2, -0.15) is 5.10 Å². The average molecular weight is 367 g/mol. The van der Waals surface area contributed by atoms with Crippen molar-refractivity contribution in [3.63, 3.8) is 0 Å². The minimum atomic E-state index is -0.540. The molecule has 1 amide bonds. The highest BCUT2D eigenvalue weighted by Gasteiger charge is 2.34. The van der Waals surface area contributed by atoms with E-state index in [9.17, 15) is 14.9 Å². The van der Waals surface area contributed by atoms with Crippen LogP contribution < -0.4 is 11.1 Å². The van der Waals surface area contributed by atoms with E-state index in [-0.39, 0.29) is 35.3 Å². The lowest BCUT2D eigenvalue weighted by molar-refractivity contribution is -0.384. The van der Waals surface area contributed by atoms with E-state index in [0.29, 0.717) is 6.54 Å². The minimum Gasteiger partial charge on any atom is -0.345 e. The number of aromatic nitrogens is 3. The Hall–Kier alpha value is -2.52. The number of amides is 1. The number of carbonyl (C=O) groups is 1. The molecule has 1 aliphatic carbocycles. The van der Waals surface area contributed by atoms with Crippen molar-refractivity contribution in [3.8, 4) is 5.69 Å². The lowest BCUT2D eigenvalue weighted by atomic mass is 9.97. The van der Waals surface area contributed by atoms with E-state index in [1.807, 2.05) is 0 Å². The predicted octanol–water partition coefficient (Wildman–Crippen LogP) is 1.60. The van der Waals surface area contributed by atoms with Crippen molar-refractivity contribution in [1.29, 1.82) is 0 Å². The SMILES string of the molecule is Cl.NCC1(NC(=O)c2ccc(-n3cncn3)c([N+](=O)[O-])c2)CCCC1. The summed E-state index contributed by atoms with van der Waals surface area (Å²) >= 11 is 0. The van der Waals surface area contributed by atoms with Gasteiger partial charge in [0, 0.05) is 18.2 Å². The second-order valence-corrected chi connectivity index (χ2v) is 5.95. The molecule has 0 spiro atoms. The number of benzene rings is 1. The van der Waals surface area contributed by atoms with Gasteiger partial charge in [-0.25, -0.2) is 9.67 Å². The van der Waals surface area contributed by atoms with E-state index in [1.54, 1.807) is 6.07 Å². The van der Waals surface area contributed by atoms with Gasteiger partial charge in [0.15, 0.2) is 0 Å². The van der Waals surface area contributed by atoms with Crippen LogP contribution in [0.15, 0.2) is 30.9 Å². The van der Waals surface area contributed by atoms with Crippen molar-refractivity contribution in [2.24, 2.45) is 5.73 Å². The topological polar surface area (TPSA) is 129 Å². The zero-order valence-corrected chi connectivity index (χ0v) is 14.2. The fourth-order valence-electron chi connectivity index (χ4n) is 3.08. The molecule has 0 aliphatic heterocycles. The van der Waals surface area contributed by atoms with Crippen LogP contribution in [-0.2, 0) is 0 Å². The number of nitro benzene ring substituents is 1. The normalized spacial score (nSPS) is 15.4. The van der Waals surface area contributed by atoms with Crippen molar-refractivity contribution < 1.29 is 9.72 Å². The number of nitrogens with zero attached hydrogens (tertiary/aromatic N) is 4. The lowest BCUT2D eigenvalue weighted by Gasteiger charge is -2.28. The minimum absolute atomic E-state index is 0. The Kier molecular flexibility index (Phi) is 5.70. The molecule has 1 heterocycles. The van der Waals surface area contributed by atoms with Crippen LogP contribution in [0.3, 0.4) is 0 Å². The Morgan fingerprint density at radius 2 is 2.12 bits per heavy atom. The first-order valence-electron chi connectivity index (χ1n) is 7.71. The first-order chi connectivity index (χ1) is 11.5. The van der Waals surface area contributed by atoms with Crippen LogP contribution in [-0.4, -0.2) is 37.7 Å². The van der Waals surface area contributed by atoms with Gasteiger partial charge in [0.25, 0.3) is 11.6 Å². The zero-order chi connectivity index (χ0) is 17.2. The summed E-state index contributed by atoms with van der Waals surface area (Å²) in [4.78, 5) is 27.1. The van der Waals surface area contributed by atoms with Gasteiger partial charge in [-0.3, -0.25) is 14.9 Å². The van der Waals surface area contributed by atoms with Gasteiger partial charge in [-0.1, -0.05) is 12.8 Å². The van der Waals surface area contributed by atoms with Crippen LogP contribution in [0.1, 0.15) is 36.0 Å². The number of nitro groups is 1. The molecule has 1 aliphatic rings. The molecule has 9 nitrogen and oxygen atoms in total. The highest BCUT2D eigenvalue weighted by Crippen LogP contribution is 2.29.